The summed E-state index contributed by atoms with van der Waals surface area (Å²) in [5.41, 5.74) is 0.935. The third-order valence-corrected chi connectivity index (χ3v) is 3.17. The molecule has 21 heavy (non-hydrogen) atoms. The van der Waals surface area contributed by atoms with E-state index in [0.717, 1.165) is 0 Å². The Morgan fingerprint density at radius 1 is 1.10 bits per heavy atom. The predicted octanol–water partition coefficient (Wildman–Crippen LogP) is 3.48. The summed E-state index contributed by atoms with van der Waals surface area (Å²) < 4.78 is 33.0. The van der Waals surface area contributed by atoms with Gasteiger partial charge in [-0.05, 0) is 29.8 Å². The third kappa shape index (κ3) is 3.70. The SMILES string of the molecule is COc1ccc(NC(c2ccccc2)C(F)(F)CO)cc1. The Labute approximate surface area is 122 Å². The smallest absolute Gasteiger partial charge is 0.294 e. The molecule has 0 aliphatic carbocycles. The summed E-state index contributed by atoms with van der Waals surface area (Å²) in [6.45, 7) is -1.23. The lowest BCUT2D eigenvalue weighted by Gasteiger charge is -2.27. The van der Waals surface area contributed by atoms with Crippen LogP contribution >= 0.6 is 0 Å². The number of hydrogen-bond acceptors (Lipinski definition) is 3. The van der Waals surface area contributed by atoms with Gasteiger partial charge in [-0.3, -0.25) is 0 Å². The summed E-state index contributed by atoms with van der Waals surface area (Å²) in [5.74, 6) is -2.63. The number of halogens is 2. The van der Waals surface area contributed by atoms with Crippen LogP contribution in [-0.2, 0) is 0 Å². The Hall–Kier alpha value is -2.14. The molecule has 2 rings (SSSR count). The van der Waals surface area contributed by atoms with E-state index in [0.29, 0.717) is 17.0 Å². The molecule has 0 saturated carbocycles. The van der Waals surface area contributed by atoms with E-state index in [9.17, 15) is 8.78 Å². The second-order valence-electron chi connectivity index (χ2n) is 4.64. The predicted molar refractivity (Wildman–Crippen MR) is 77.8 cm³/mol. The van der Waals surface area contributed by atoms with Crippen LogP contribution in [0, 0.1) is 0 Å². The highest BCUT2D eigenvalue weighted by atomic mass is 19.3. The van der Waals surface area contributed by atoms with E-state index in [-0.39, 0.29) is 0 Å². The Balaban J connectivity index is 2.27. The number of aliphatic hydroxyl groups is 1. The van der Waals surface area contributed by atoms with Crippen LogP contribution in [0.2, 0.25) is 0 Å². The molecule has 5 heteroatoms. The number of aliphatic hydroxyl groups excluding tert-OH is 1. The van der Waals surface area contributed by atoms with Gasteiger partial charge >= 0.3 is 0 Å². The summed E-state index contributed by atoms with van der Waals surface area (Å²) in [5, 5.41) is 11.7. The van der Waals surface area contributed by atoms with Gasteiger partial charge in [0, 0.05) is 5.69 Å². The van der Waals surface area contributed by atoms with E-state index in [4.69, 9.17) is 9.84 Å². The van der Waals surface area contributed by atoms with Crippen LogP contribution in [-0.4, -0.2) is 24.7 Å². The van der Waals surface area contributed by atoms with Gasteiger partial charge in [0.25, 0.3) is 5.92 Å². The highest BCUT2D eigenvalue weighted by Crippen LogP contribution is 2.34. The van der Waals surface area contributed by atoms with Crippen molar-refractivity contribution in [2.45, 2.75) is 12.0 Å². The molecule has 0 fully saturated rings. The van der Waals surface area contributed by atoms with Crippen LogP contribution in [0.4, 0.5) is 14.5 Å². The molecule has 2 N–H and O–H groups in total. The molecule has 0 heterocycles. The standard InChI is InChI=1S/C16H17F2NO2/c1-21-14-9-7-13(8-10-14)19-15(16(17,18)11-20)12-5-3-2-4-6-12/h2-10,15,19-20H,11H2,1H3. The van der Waals surface area contributed by atoms with Crippen molar-refractivity contribution in [1.82, 2.24) is 0 Å². The third-order valence-electron chi connectivity index (χ3n) is 3.17. The first kappa shape index (κ1) is 15.3. The van der Waals surface area contributed by atoms with Gasteiger partial charge in [0.05, 0.1) is 7.11 Å². The summed E-state index contributed by atoms with van der Waals surface area (Å²) >= 11 is 0. The monoisotopic (exact) mass is 293 g/mol. The fraction of sp³-hybridized carbons (Fsp3) is 0.250. The van der Waals surface area contributed by atoms with Gasteiger partial charge in [0.1, 0.15) is 18.4 Å². The molecular formula is C16H17F2NO2. The van der Waals surface area contributed by atoms with Gasteiger partial charge in [-0.2, -0.15) is 0 Å². The molecule has 0 aromatic heterocycles. The molecule has 112 valence electrons. The zero-order chi connectivity index (χ0) is 15.3. The highest BCUT2D eigenvalue weighted by molar-refractivity contribution is 5.49. The summed E-state index contributed by atoms with van der Waals surface area (Å²) in [6, 6.07) is 13.7. The van der Waals surface area contributed by atoms with Crippen molar-refractivity contribution in [3.63, 3.8) is 0 Å². The van der Waals surface area contributed by atoms with Crippen LogP contribution in [0.15, 0.2) is 54.6 Å². The molecule has 0 radical (unpaired) electrons. The molecule has 3 nitrogen and oxygen atoms in total. The zero-order valence-corrected chi connectivity index (χ0v) is 11.6. The van der Waals surface area contributed by atoms with E-state index in [1.807, 2.05) is 0 Å². The molecule has 0 aliphatic heterocycles. The lowest BCUT2D eigenvalue weighted by Crippen LogP contribution is -2.35. The maximum atomic E-state index is 14.0. The minimum Gasteiger partial charge on any atom is -0.497 e. The van der Waals surface area contributed by atoms with Crippen molar-refractivity contribution in [2.24, 2.45) is 0 Å². The first-order valence-corrected chi connectivity index (χ1v) is 6.51. The molecule has 0 saturated heterocycles. The van der Waals surface area contributed by atoms with Crippen molar-refractivity contribution < 1.29 is 18.6 Å². The zero-order valence-electron chi connectivity index (χ0n) is 11.6. The number of hydrogen-bond donors (Lipinski definition) is 2. The van der Waals surface area contributed by atoms with Crippen molar-refractivity contribution >= 4 is 5.69 Å². The van der Waals surface area contributed by atoms with Gasteiger partial charge < -0.3 is 15.2 Å². The molecular weight excluding hydrogens is 276 g/mol. The Morgan fingerprint density at radius 2 is 1.71 bits per heavy atom. The number of nitrogens with one attached hydrogen (secondary N) is 1. The van der Waals surface area contributed by atoms with Crippen LogP contribution < -0.4 is 10.1 Å². The molecule has 1 unspecified atom stereocenters. The summed E-state index contributed by atoms with van der Waals surface area (Å²) in [7, 11) is 1.54. The summed E-state index contributed by atoms with van der Waals surface area (Å²) in [4.78, 5) is 0. The normalized spacial score (nSPS) is 12.8. The first-order valence-electron chi connectivity index (χ1n) is 6.51. The van der Waals surface area contributed by atoms with Crippen molar-refractivity contribution in [2.75, 3.05) is 19.0 Å². The molecule has 2 aromatic rings. The summed E-state index contributed by atoms with van der Waals surface area (Å²) in [6.07, 6.45) is 0. The number of rotatable bonds is 6. The van der Waals surface area contributed by atoms with E-state index >= 15 is 0 Å². The fourth-order valence-corrected chi connectivity index (χ4v) is 2.02. The second kappa shape index (κ2) is 6.54. The largest absolute Gasteiger partial charge is 0.497 e. The van der Waals surface area contributed by atoms with E-state index in [2.05, 4.69) is 5.32 Å². The maximum absolute atomic E-state index is 14.0. The number of anilines is 1. The minimum atomic E-state index is -3.28. The van der Waals surface area contributed by atoms with Gasteiger partial charge in [0.15, 0.2) is 0 Å². The Bertz CT molecular complexity index is 558. The Kier molecular flexibility index (Phi) is 4.75. The van der Waals surface area contributed by atoms with E-state index < -0.39 is 18.6 Å². The van der Waals surface area contributed by atoms with Crippen molar-refractivity contribution in [3.8, 4) is 5.75 Å². The van der Waals surface area contributed by atoms with Crippen molar-refractivity contribution in [1.29, 1.82) is 0 Å². The molecule has 2 aromatic carbocycles. The highest BCUT2D eigenvalue weighted by Gasteiger charge is 2.40. The van der Waals surface area contributed by atoms with Gasteiger partial charge in [-0.1, -0.05) is 30.3 Å². The molecule has 0 spiro atoms. The topological polar surface area (TPSA) is 41.5 Å². The van der Waals surface area contributed by atoms with Crippen LogP contribution in [0.5, 0.6) is 5.75 Å². The molecule has 1 atom stereocenters. The fourth-order valence-electron chi connectivity index (χ4n) is 2.02. The Morgan fingerprint density at radius 3 is 2.24 bits per heavy atom. The van der Waals surface area contributed by atoms with Gasteiger partial charge in [-0.15, -0.1) is 0 Å². The lowest BCUT2D eigenvalue weighted by atomic mass is 10.0. The lowest BCUT2D eigenvalue weighted by molar-refractivity contribution is -0.0658. The number of ether oxygens (including phenoxy) is 1. The second-order valence-corrected chi connectivity index (χ2v) is 4.64. The minimum absolute atomic E-state index is 0.410. The van der Waals surface area contributed by atoms with E-state index in [1.165, 1.54) is 7.11 Å². The molecule has 0 aliphatic rings. The quantitative estimate of drug-likeness (QED) is 0.857. The molecule has 0 bridgehead atoms. The molecule has 0 amide bonds. The maximum Gasteiger partial charge on any atom is 0.294 e. The van der Waals surface area contributed by atoms with Crippen molar-refractivity contribution in [3.05, 3.63) is 60.2 Å². The average molecular weight is 293 g/mol. The average Bonchev–Trinajstić information content (AvgIpc) is 2.54. The van der Waals surface area contributed by atoms with Gasteiger partial charge in [-0.25, -0.2) is 8.78 Å². The first-order chi connectivity index (χ1) is 10.1. The van der Waals surface area contributed by atoms with Gasteiger partial charge in [0.2, 0.25) is 0 Å². The number of benzene rings is 2. The van der Waals surface area contributed by atoms with Crippen LogP contribution in [0.25, 0.3) is 0 Å². The number of methoxy groups -OCH3 is 1. The van der Waals surface area contributed by atoms with Crippen LogP contribution in [0.1, 0.15) is 11.6 Å². The van der Waals surface area contributed by atoms with E-state index in [1.54, 1.807) is 54.6 Å². The number of alkyl halides is 2. The van der Waals surface area contributed by atoms with Crippen LogP contribution in [0.3, 0.4) is 0 Å².